The molecule has 1 atom stereocenters. The normalized spacial score (nSPS) is 21.0. The summed E-state index contributed by atoms with van der Waals surface area (Å²) in [6, 6.07) is -0.652. The molecular formula is C7H14N2O4. The van der Waals surface area contributed by atoms with Gasteiger partial charge in [0.2, 0.25) is 5.91 Å². The average molecular weight is 190 g/mol. The lowest BCUT2D eigenvalue weighted by molar-refractivity contribution is -0.147. The molecule has 76 valence electrons. The summed E-state index contributed by atoms with van der Waals surface area (Å²) in [5.74, 6) is -1.21. The van der Waals surface area contributed by atoms with Crippen molar-refractivity contribution < 1.29 is 20.2 Å². The summed E-state index contributed by atoms with van der Waals surface area (Å²) in [6.07, 6.45) is 1.30. The summed E-state index contributed by atoms with van der Waals surface area (Å²) < 4.78 is 0. The standard InChI is InChI=1S/C7H12N2O3.H2O/c8-4-6(10)9-3-1-2-5(9)7(11)12;/h5H,1-4,8H2,(H,11,12);1H2/t5-;/m0./s1. The van der Waals surface area contributed by atoms with Crippen molar-refractivity contribution in [1.82, 2.24) is 4.90 Å². The van der Waals surface area contributed by atoms with Gasteiger partial charge in [-0.1, -0.05) is 0 Å². The van der Waals surface area contributed by atoms with Crippen molar-refractivity contribution in [3.8, 4) is 0 Å². The van der Waals surface area contributed by atoms with Gasteiger partial charge in [0.05, 0.1) is 6.54 Å². The number of carboxylic acids is 1. The Morgan fingerprint density at radius 2 is 2.15 bits per heavy atom. The number of carboxylic acid groups (broad SMARTS) is 1. The number of rotatable bonds is 2. The molecular weight excluding hydrogens is 176 g/mol. The fourth-order valence-corrected chi connectivity index (χ4v) is 1.44. The van der Waals surface area contributed by atoms with Gasteiger partial charge in [-0.05, 0) is 12.8 Å². The van der Waals surface area contributed by atoms with Crippen LogP contribution in [-0.2, 0) is 9.59 Å². The van der Waals surface area contributed by atoms with Gasteiger partial charge in [0.15, 0.2) is 0 Å². The van der Waals surface area contributed by atoms with E-state index >= 15 is 0 Å². The first-order valence-electron chi connectivity index (χ1n) is 3.89. The van der Waals surface area contributed by atoms with Crippen LogP contribution in [-0.4, -0.2) is 46.5 Å². The van der Waals surface area contributed by atoms with E-state index in [0.29, 0.717) is 13.0 Å². The van der Waals surface area contributed by atoms with Gasteiger partial charge >= 0.3 is 5.97 Å². The third-order valence-electron chi connectivity index (χ3n) is 2.03. The Morgan fingerprint density at radius 1 is 1.54 bits per heavy atom. The van der Waals surface area contributed by atoms with Gasteiger partial charge in [-0.3, -0.25) is 4.79 Å². The molecule has 0 bridgehead atoms. The minimum Gasteiger partial charge on any atom is -0.480 e. The number of carbonyl (C=O) groups is 2. The van der Waals surface area contributed by atoms with Crippen molar-refractivity contribution in [3.05, 3.63) is 0 Å². The molecule has 6 nitrogen and oxygen atoms in total. The zero-order chi connectivity index (χ0) is 9.14. The Kier molecular flexibility index (Phi) is 4.36. The Labute approximate surface area is 75.6 Å². The summed E-state index contributed by atoms with van der Waals surface area (Å²) in [5, 5.41) is 8.69. The Hall–Kier alpha value is -1.14. The van der Waals surface area contributed by atoms with E-state index < -0.39 is 12.0 Å². The van der Waals surface area contributed by atoms with Gasteiger partial charge in [-0.15, -0.1) is 0 Å². The number of carbonyl (C=O) groups excluding carboxylic acids is 1. The maximum Gasteiger partial charge on any atom is 0.326 e. The fraction of sp³-hybridized carbons (Fsp3) is 0.714. The largest absolute Gasteiger partial charge is 0.480 e. The molecule has 1 heterocycles. The molecule has 1 rings (SSSR count). The highest BCUT2D eigenvalue weighted by atomic mass is 16.4. The van der Waals surface area contributed by atoms with Gasteiger partial charge in [0, 0.05) is 6.54 Å². The second-order valence-electron chi connectivity index (χ2n) is 2.79. The van der Waals surface area contributed by atoms with E-state index in [2.05, 4.69) is 0 Å². The van der Waals surface area contributed by atoms with Crippen molar-refractivity contribution in [2.75, 3.05) is 13.1 Å². The molecule has 13 heavy (non-hydrogen) atoms. The Bertz CT molecular complexity index is 207. The molecule has 0 saturated carbocycles. The fourth-order valence-electron chi connectivity index (χ4n) is 1.44. The van der Waals surface area contributed by atoms with Crippen LogP contribution in [0.2, 0.25) is 0 Å². The van der Waals surface area contributed by atoms with Crippen molar-refractivity contribution >= 4 is 11.9 Å². The zero-order valence-electron chi connectivity index (χ0n) is 7.19. The quantitative estimate of drug-likeness (QED) is 0.534. The average Bonchev–Trinajstić information content (AvgIpc) is 2.50. The highest BCUT2D eigenvalue weighted by Gasteiger charge is 2.32. The van der Waals surface area contributed by atoms with E-state index in [1.165, 1.54) is 4.90 Å². The minimum atomic E-state index is -0.936. The van der Waals surface area contributed by atoms with Gasteiger partial charge in [0.25, 0.3) is 0 Å². The van der Waals surface area contributed by atoms with Crippen LogP contribution < -0.4 is 5.73 Å². The number of hydrogen-bond donors (Lipinski definition) is 2. The number of hydrogen-bond acceptors (Lipinski definition) is 3. The lowest BCUT2D eigenvalue weighted by Gasteiger charge is -2.20. The van der Waals surface area contributed by atoms with Crippen molar-refractivity contribution in [1.29, 1.82) is 0 Å². The highest BCUT2D eigenvalue weighted by Crippen LogP contribution is 2.16. The number of likely N-dealkylation sites (tertiary alicyclic amines) is 1. The van der Waals surface area contributed by atoms with Gasteiger partial charge in [-0.25, -0.2) is 4.79 Å². The molecule has 1 aliphatic heterocycles. The van der Waals surface area contributed by atoms with E-state index in [0.717, 1.165) is 6.42 Å². The topological polar surface area (TPSA) is 115 Å². The van der Waals surface area contributed by atoms with Crippen LogP contribution in [0.15, 0.2) is 0 Å². The van der Waals surface area contributed by atoms with Gasteiger partial charge < -0.3 is 21.2 Å². The molecule has 1 aliphatic rings. The third kappa shape index (κ3) is 2.40. The van der Waals surface area contributed by atoms with E-state index in [-0.39, 0.29) is 17.9 Å². The van der Waals surface area contributed by atoms with Crippen molar-refractivity contribution in [2.24, 2.45) is 5.73 Å². The monoisotopic (exact) mass is 190 g/mol. The Morgan fingerprint density at radius 3 is 2.62 bits per heavy atom. The molecule has 0 aromatic carbocycles. The molecule has 0 aromatic rings. The maximum absolute atomic E-state index is 11.1. The number of nitrogens with zero attached hydrogens (tertiary/aromatic N) is 1. The first-order valence-corrected chi connectivity index (χ1v) is 3.89. The molecule has 1 saturated heterocycles. The molecule has 0 spiro atoms. The molecule has 1 amide bonds. The summed E-state index contributed by atoms with van der Waals surface area (Å²) in [5.41, 5.74) is 5.13. The van der Waals surface area contributed by atoms with Crippen LogP contribution in [0.25, 0.3) is 0 Å². The van der Waals surface area contributed by atoms with Crippen molar-refractivity contribution in [3.63, 3.8) is 0 Å². The molecule has 0 radical (unpaired) electrons. The molecule has 0 unspecified atom stereocenters. The van der Waals surface area contributed by atoms with Crippen molar-refractivity contribution in [2.45, 2.75) is 18.9 Å². The third-order valence-corrected chi connectivity index (χ3v) is 2.03. The van der Waals surface area contributed by atoms with Crippen LogP contribution in [0.1, 0.15) is 12.8 Å². The number of nitrogens with two attached hydrogens (primary N) is 1. The van der Waals surface area contributed by atoms with E-state index in [1.54, 1.807) is 0 Å². The first-order chi connectivity index (χ1) is 5.66. The Balaban J connectivity index is 0.00000144. The van der Waals surface area contributed by atoms with E-state index in [4.69, 9.17) is 10.8 Å². The predicted octanol–water partition coefficient (Wildman–Crippen LogP) is -1.80. The van der Waals surface area contributed by atoms with Gasteiger partial charge in [0.1, 0.15) is 6.04 Å². The van der Waals surface area contributed by atoms with Crippen LogP contribution in [0, 0.1) is 0 Å². The summed E-state index contributed by atoms with van der Waals surface area (Å²) in [6.45, 7) is 0.413. The van der Waals surface area contributed by atoms with E-state index in [1.807, 2.05) is 0 Å². The van der Waals surface area contributed by atoms with Crippen LogP contribution >= 0.6 is 0 Å². The SMILES string of the molecule is NCC(=O)N1CCC[C@H]1C(=O)O.O. The van der Waals surface area contributed by atoms with Crippen LogP contribution in [0.5, 0.6) is 0 Å². The minimum absolute atomic E-state index is 0. The molecule has 5 N–H and O–H groups in total. The predicted molar refractivity (Wildman–Crippen MR) is 45.0 cm³/mol. The molecule has 6 heteroatoms. The highest BCUT2D eigenvalue weighted by molar-refractivity contribution is 5.85. The number of amides is 1. The smallest absolute Gasteiger partial charge is 0.326 e. The second-order valence-corrected chi connectivity index (χ2v) is 2.79. The van der Waals surface area contributed by atoms with E-state index in [9.17, 15) is 9.59 Å². The number of aliphatic carboxylic acids is 1. The maximum atomic E-state index is 11.1. The summed E-state index contributed by atoms with van der Waals surface area (Å²) >= 11 is 0. The summed E-state index contributed by atoms with van der Waals surface area (Å²) in [4.78, 5) is 23.0. The lowest BCUT2D eigenvalue weighted by atomic mass is 10.2. The van der Waals surface area contributed by atoms with Gasteiger partial charge in [-0.2, -0.15) is 0 Å². The second kappa shape index (κ2) is 4.78. The summed E-state index contributed by atoms with van der Waals surface area (Å²) in [7, 11) is 0. The molecule has 1 fully saturated rings. The zero-order valence-corrected chi connectivity index (χ0v) is 7.19. The van der Waals surface area contributed by atoms with Crippen LogP contribution in [0.4, 0.5) is 0 Å². The molecule has 0 aliphatic carbocycles. The lowest BCUT2D eigenvalue weighted by Crippen LogP contribution is -2.43. The first kappa shape index (κ1) is 11.9. The molecule has 0 aromatic heterocycles. The van der Waals surface area contributed by atoms with Crippen LogP contribution in [0.3, 0.4) is 0 Å².